The number of esters is 1. The van der Waals surface area contributed by atoms with Crippen molar-refractivity contribution in [3.63, 3.8) is 0 Å². The van der Waals surface area contributed by atoms with Crippen molar-refractivity contribution in [1.82, 2.24) is 5.32 Å². The third-order valence-corrected chi connectivity index (χ3v) is 3.26. The molecule has 2 unspecified atom stereocenters. The molecular weight excluding hydrogens is 246 g/mol. The van der Waals surface area contributed by atoms with Crippen LogP contribution < -0.4 is 5.32 Å². The molecule has 1 saturated heterocycles. The fourth-order valence-electron chi connectivity index (χ4n) is 2.22. The molecule has 0 aliphatic carbocycles. The number of nitrogens with one attached hydrogen (secondary N) is 1. The lowest BCUT2D eigenvalue weighted by Gasteiger charge is -2.19. The van der Waals surface area contributed by atoms with Gasteiger partial charge >= 0.3 is 5.97 Å². The number of methoxy groups -OCH3 is 1. The molecule has 0 bridgehead atoms. The second-order valence-corrected chi connectivity index (χ2v) is 4.56. The Kier molecular flexibility index (Phi) is 4.76. The largest absolute Gasteiger partial charge is 0.508 e. The van der Waals surface area contributed by atoms with Gasteiger partial charge in [-0.15, -0.1) is 0 Å². The number of carbonyl (C=O) groups excluding carboxylic acids is 1. The predicted octanol–water partition coefficient (Wildman–Crippen LogP) is 1.37. The maximum Gasteiger partial charge on any atom is 0.327 e. The van der Waals surface area contributed by atoms with Crippen molar-refractivity contribution in [3.05, 3.63) is 29.8 Å². The van der Waals surface area contributed by atoms with Gasteiger partial charge in [0.15, 0.2) is 0 Å². The summed E-state index contributed by atoms with van der Waals surface area (Å²) in [4.78, 5) is 11.8. The molecule has 2 atom stereocenters. The van der Waals surface area contributed by atoms with Crippen molar-refractivity contribution < 1.29 is 19.4 Å². The topological polar surface area (TPSA) is 67.8 Å². The number of carbonyl (C=O) groups is 1. The van der Waals surface area contributed by atoms with Gasteiger partial charge in [0.05, 0.1) is 13.2 Å². The summed E-state index contributed by atoms with van der Waals surface area (Å²) in [5.74, 6) is -0.336. The monoisotopic (exact) mass is 265 g/mol. The summed E-state index contributed by atoms with van der Waals surface area (Å²) in [5, 5.41) is 12.9. The van der Waals surface area contributed by atoms with E-state index in [4.69, 9.17) is 9.47 Å². The van der Waals surface area contributed by atoms with Crippen molar-refractivity contribution in [1.29, 1.82) is 0 Å². The molecule has 0 aromatic heterocycles. The van der Waals surface area contributed by atoms with E-state index in [9.17, 15) is 9.90 Å². The summed E-state index contributed by atoms with van der Waals surface area (Å²) in [6, 6.07) is 6.08. The van der Waals surface area contributed by atoms with Crippen LogP contribution in [0.4, 0.5) is 0 Å². The Morgan fingerprint density at radius 3 is 3.00 bits per heavy atom. The van der Waals surface area contributed by atoms with Gasteiger partial charge in [0.1, 0.15) is 11.8 Å². The third kappa shape index (κ3) is 3.45. The Bertz CT molecular complexity index is 429. The van der Waals surface area contributed by atoms with Gasteiger partial charge < -0.3 is 14.6 Å². The quantitative estimate of drug-likeness (QED) is 0.787. The summed E-state index contributed by atoms with van der Waals surface area (Å²) in [6.07, 6.45) is 2.16. The van der Waals surface area contributed by atoms with Crippen LogP contribution in [0.1, 0.15) is 24.4 Å². The Morgan fingerprint density at radius 2 is 2.37 bits per heavy atom. The maximum absolute atomic E-state index is 11.8. The summed E-state index contributed by atoms with van der Waals surface area (Å²) in [7, 11) is 1.34. The predicted molar refractivity (Wildman–Crippen MR) is 69.8 cm³/mol. The zero-order valence-corrected chi connectivity index (χ0v) is 11.0. The lowest BCUT2D eigenvalue weighted by molar-refractivity contribution is -0.143. The minimum atomic E-state index is -0.671. The zero-order valence-electron chi connectivity index (χ0n) is 11.0. The van der Waals surface area contributed by atoms with Crippen LogP contribution in [0.3, 0.4) is 0 Å². The van der Waals surface area contributed by atoms with E-state index in [0.29, 0.717) is 12.1 Å². The lowest BCUT2D eigenvalue weighted by Crippen LogP contribution is -2.35. The number of ether oxygens (including phenoxy) is 2. The molecule has 5 nitrogen and oxygen atoms in total. The van der Waals surface area contributed by atoms with Crippen LogP contribution in [0.15, 0.2) is 24.3 Å². The normalized spacial score (nSPS) is 20.2. The van der Waals surface area contributed by atoms with Gasteiger partial charge in [-0.2, -0.15) is 0 Å². The highest BCUT2D eigenvalue weighted by molar-refractivity contribution is 5.78. The first-order valence-corrected chi connectivity index (χ1v) is 6.43. The van der Waals surface area contributed by atoms with E-state index in [1.165, 1.54) is 7.11 Å². The minimum Gasteiger partial charge on any atom is -0.508 e. The summed E-state index contributed by atoms with van der Waals surface area (Å²) < 4.78 is 10.3. The molecule has 0 amide bonds. The van der Waals surface area contributed by atoms with Crippen molar-refractivity contribution in [2.24, 2.45) is 0 Å². The van der Waals surface area contributed by atoms with Gasteiger partial charge in [0, 0.05) is 18.7 Å². The Balaban J connectivity index is 2.07. The van der Waals surface area contributed by atoms with Crippen LogP contribution >= 0.6 is 0 Å². The second-order valence-electron chi connectivity index (χ2n) is 4.56. The summed E-state index contributed by atoms with van der Waals surface area (Å²) >= 11 is 0. The number of para-hydroxylation sites is 1. The molecule has 5 heteroatoms. The molecule has 19 heavy (non-hydrogen) atoms. The molecule has 0 spiro atoms. The molecule has 2 N–H and O–H groups in total. The average molecular weight is 265 g/mol. The van der Waals surface area contributed by atoms with Crippen molar-refractivity contribution in [2.75, 3.05) is 20.3 Å². The number of phenols is 1. The first-order chi connectivity index (χ1) is 9.22. The summed E-state index contributed by atoms with van der Waals surface area (Å²) in [5.41, 5.74) is 0.521. The highest BCUT2D eigenvalue weighted by Gasteiger charge is 2.25. The van der Waals surface area contributed by atoms with Crippen molar-refractivity contribution in [3.8, 4) is 5.75 Å². The molecule has 1 aliphatic heterocycles. The van der Waals surface area contributed by atoms with Gasteiger partial charge in [-0.3, -0.25) is 5.32 Å². The number of phenolic OH excluding ortho intramolecular Hbond substituents is 1. The number of hydrogen-bond acceptors (Lipinski definition) is 5. The number of rotatable bonds is 5. The van der Waals surface area contributed by atoms with Crippen molar-refractivity contribution in [2.45, 2.75) is 25.0 Å². The number of aromatic hydroxyl groups is 1. The van der Waals surface area contributed by atoms with E-state index in [1.54, 1.807) is 24.3 Å². The van der Waals surface area contributed by atoms with E-state index in [2.05, 4.69) is 5.32 Å². The van der Waals surface area contributed by atoms with Crippen LogP contribution in [0.2, 0.25) is 0 Å². The van der Waals surface area contributed by atoms with E-state index >= 15 is 0 Å². The molecule has 0 saturated carbocycles. The minimum absolute atomic E-state index is 0.0812. The first-order valence-electron chi connectivity index (χ1n) is 6.43. The van der Waals surface area contributed by atoms with Crippen LogP contribution in [-0.2, 0) is 14.3 Å². The number of hydrogen-bond donors (Lipinski definition) is 2. The zero-order chi connectivity index (χ0) is 13.7. The van der Waals surface area contributed by atoms with Gasteiger partial charge in [0.2, 0.25) is 0 Å². The molecule has 0 radical (unpaired) electrons. The van der Waals surface area contributed by atoms with E-state index in [-0.39, 0.29) is 11.9 Å². The molecular formula is C14H19NO4. The van der Waals surface area contributed by atoms with Gasteiger partial charge in [0.25, 0.3) is 0 Å². The van der Waals surface area contributed by atoms with E-state index in [1.807, 2.05) is 0 Å². The summed E-state index contributed by atoms with van der Waals surface area (Å²) in [6.45, 7) is 1.33. The van der Waals surface area contributed by atoms with Crippen LogP contribution in [0, 0.1) is 0 Å². The third-order valence-electron chi connectivity index (χ3n) is 3.26. The standard InChI is InChI=1S/C14H19NO4/c1-18-14(17)13(11-6-2-3-7-12(11)16)15-9-10-5-4-8-19-10/h2-3,6-7,10,13,15-16H,4-5,8-9H2,1H3. The first kappa shape index (κ1) is 13.8. The second kappa shape index (κ2) is 6.54. The Labute approximate surface area is 112 Å². The fourth-order valence-corrected chi connectivity index (χ4v) is 2.22. The molecule has 1 fully saturated rings. The van der Waals surface area contributed by atoms with Crippen LogP contribution in [-0.4, -0.2) is 37.4 Å². The average Bonchev–Trinajstić information content (AvgIpc) is 2.93. The van der Waals surface area contributed by atoms with Gasteiger partial charge in [-0.1, -0.05) is 18.2 Å². The highest BCUT2D eigenvalue weighted by atomic mass is 16.5. The molecule has 1 aliphatic rings. The van der Waals surface area contributed by atoms with E-state index in [0.717, 1.165) is 19.4 Å². The maximum atomic E-state index is 11.8. The number of benzene rings is 1. The van der Waals surface area contributed by atoms with Gasteiger partial charge in [-0.25, -0.2) is 4.79 Å². The fraction of sp³-hybridized carbons (Fsp3) is 0.500. The Hall–Kier alpha value is -1.59. The molecule has 104 valence electrons. The molecule has 1 heterocycles. The molecule has 1 aromatic carbocycles. The molecule has 2 rings (SSSR count). The van der Waals surface area contributed by atoms with E-state index < -0.39 is 12.0 Å². The highest BCUT2D eigenvalue weighted by Crippen LogP contribution is 2.25. The SMILES string of the molecule is COC(=O)C(NCC1CCCO1)c1ccccc1O. The lowest BCUT2D eigenvalue weighted by atomic mass is 10.1. The molecule has 1 aromatic rings. The smallest absolute Gasteiger partial charge is 0.327 e. The van der Waals surface area contributed by atoms with Crippen molar-refractivity contribution >= 4 is 5.97 Å². The Morgan fingerprint density at radius 1 is 1.58 bits per heavy atom. The van der Waals surface area contributed by atoms with Crippen LogP contribution in [0.5, 0.6) is 5.75 Å². The van der Waals surface area contributed by atoms with Crippen LogP contribution in [0.25, 0.3) is 0 Å². The van der Waals surface area contributed by atoms with Gasteiger partial charge in [-0.05, 0) is 18.9 Å².